The molecule has 1 aliphatic rings. The van der Waals surface area contributed by atoms with Crippen LogP contribution in [0.25, 0.3) is 0 Å². The molecular weight excluding hydrogens is 276 g/mol. The molecule has 0 aromatic carbocycles. The summed E-state index contributed by atoms with van der Waals surface area (Å²) in [5, 5.41) is 14.2. The number of ether oxygens (including phenoxy) is 1. The third-order valence-corrected chi connectivity index (χ3v) is 4.06. The lowest BCUT2D eigenvalue weighted by Crippen LogP contribution is -2.40. The van der Waals surface area contributed by atoms with E-state index >= 15 is 0 Å². The molecule has 2 N–H and O–H groups in total. The zero-order chi connectivity index (χ0) is 13.9. The van der Waals surface area contributed by atoms with Gasteiger partial charge in [0.2, 0.25) is 0 Å². The number of rotatable bonds is 5. The summed E-state index contributed by atoms with van der Waals surface area (Å²) in [5.41, 5.74) is -0.864. The minimum absolute atomic E-state index is 0.0990. The van der Waals surface area contributed by atoms with Crippen LogP contribution in [0.15, 0.2) is 11.4 Å². The minimum atomic E-state index is -2.96. The lowest BCUT2D eigenvalue weighted by molar-refractivity contribution is -0.0498. The Balaban J connectivity index is 1.94. The topological polar surface area (TPSA) is 58.6 Å². The zero-order valence-corrected chi connectivity index (χ0v) is 11.0. The van der Waals surface area contributed by atoms with E-state index in [9.17, 15) is 18.7 Å². The number of hydrogen-bond acceptors (Lipinski definition) is 4. The fraction of sp³-hybridized carbons (Fsp3) is 0.583. The molecule has 1 amide bonds. The molecule has 0 unspecified atom stereocenters. The van der Waals surface area contributed by atoms with Crippen molar-refractivity contribution in [2.75, 3.05) is 6.54 Å². The SMILES string of the molecule is O=C(NCC1(O)CCCC1)c1sccc1OC(F)F. The minimum Gasteiger partial charge on any atom is -0.433 e. The van der Waals surface area contributed by atoms with Crippen LogP contribution in [0.2, 0.25) is 0 Å². The Labute approximate surface area is 113 Å². The number of nitrogens with one attached hydrogen (secondary N) is 1. The van der Waals surface area contributed by atoms with Crippen LogP contribution in [0, 0.1) is 0 Å². The maximum Gasteiger partial charge on any atom is 0.387 e. The fourth-order valence-electron chi connectivity index (χ4n) is 2.19. The molecule has 7 heteroatoms. The Bertz CT molecular complexity index is 444. The summed E-state index contributed by atoms with van der Waals surface area (Å²) in [4.78, 5) is 12.0. The van der Waals surface area contributed by atoms with Crippen LogP contribution in [0.5, 0.6) is 5.75 Å². The molecule has 0 bridgehead atoms. The number of aliphatic hydroxyl groups is 1. The second kappa shape index (κ2) is 5.83. The van der Waals surface area contributed by atoms with Gasteiger partial charge in [0, 0.05) is 6.54 Å². The predicted octanol–water partition coefficient (Wildman–Crippen LogP) is 2.38. The largest absolute Gasteiger partial charge is 0.433 e. The molecule has 19 heavy (non-hydrogen) atoms. The van der Waals surface area contributed by atoms with Gasteiger partial charge in [-0.3, -0.25) is 4.79 Å². The second-order valence-corrected chi connectivity index (χ2v) is 5.52. The summed E-state index contributed by atoms with van der Waals surface area (Å²) >= 11 is 1.03. The number of alkyl halides is 2. The van der Waals surface area contributed by atoms with Crippen molar-refractivity contribution in [1.82, 2.24) is 5.32 Å². The fourth-order valence-corrected chi connectivity index (χ4v) is 2.93. The van der Waals surface area contributed by atoms with Crippen molar-refractivity contribution in [3.63, 3.8) is 0 Å². The van der Waals surface area contributed by atoms with E-state index < -0.39 is 18.1 Å². The number of amides is 1. The third kappa shape index (κ3) is 3.63. The summed E-state index contributed by atoms with van der Waals surface area (Å²) in [7, 11) is 0. The Kier molecular flexibility index (Phi) is 4.36. The van der Waals surface area contributed by atoms with Gasteiger partial charge in [-0.2, -0.15) is 8.78 Å². The van der Waals surface area contributed by atoms with Gasteiger partial charge < -0.3 is 15.2 Å². The first kappa shape index (κ1) is 14.2. The molecule has 0 spiro atoms. The van der Waals surface area contributed by atoms with Crippen LogP contribution < -0.4 is 10.1 Å². The van der Waals surface area contributed by atoms with E-state index in [1.54, 1.807) is 0 Å². The summed E-state index contributed by atoms with van der Waals surface area (Å²) in [6, 6.07) is 1.33. The Morgan fingerprint density at radius 2 is 2.21 bits per heavy atom. The van der Waals surface area contributed by atoms with Crippen LogP contribution in [0.3, 0.4) is 0 Å². The van der Waals surface area contributed by atoms with Gasteiger partial charge in [-0.05, 0) is 24.3 Å². The zero-order valence-electron chi connectivity index (χ0n) is 10.2. The average molecular weight is 291 g/mol. The van der Waals surface area contributed by atoms with E-state index in [1.807, 2.05) is 0 Å². The van der Waals surface area contributed by atoms with Crippen molar-refractivity contribution in [3.05, 3.63) is 16.3 Å². The quantitative estimate of drug-likeness (QED) is 0.875. The lowest BCUT2D eigenvalue weighted by Gasteiger charge is -2.22. The smallest absolute Gasteiger partial charge is 0.387 e. The first-order valence-electron chi connectivity index (χ1n) is 6.03. The van der Waals surface area contributed by atoms with Gasteiger partial charge in [0.05, 0.1) is 5.60 Å². The summed E-state index contributed by atoms with van der Waals surface area (Å²) in [5.74, 6) is -0.623. The van der Waals surface area contributed by atoms with Crippen LogP contribution >= 0.6 is 11.3 Å². The average Bonchev–Trinajstić information content (AvgIpc) is 2.95. The van der Waals surface area contributed by atoms with Gasteiger partial charge in [-0.1, -0.05) is 12.8 Å². The second-order valence-electron chi connectivity index (χ2n) is 4.61. The highest BCUT2D eigenvalue weighted by Gasteiger charge is 2.31. The van der Waals surface area contributed by atoms with E-state index in [-0.39, 0.29) is 17.2 Å². The molecule has 1 aromatic rings. The lowest BCUT2D eigenvalue weighted by atomic mass is 10.0. The standard InChI is InChI=1S/C12H15F2NO3S/c13-11(14)18-8-3-6-19-9(8)10(16)15-7-12(17)4-1-2-5-12/h3,6,11,17H,1-2,4-5,7H2,(H,15,16). The predicted molar refractivity (Wildman–Crippen MR) is 66.7 cm³/mol. The maximum absolute atomic E-state index is 12.1. The number of carbonyl (C=O) groups is 1. The third-order valence-electron chi connectivity index (χ3n) is 3.16. The van der Waals surface area contributed by atoms with Gasteiger partial charge in [-0.15, -0.1) is 11.3 Å². The summed E-state index contributed by atoms with van der Waals surface area (Å²) in [6.07, 6.45) is 3.17. The molecule has 0 radical (unpaired) electrons. The van der Waals surface area contributed by atoms with Crippen LogP contribution in [0.1, 0.15) is 35.4 Å². The molecule has 1 aromatic heterocycles. The van der Waals surface area contributed by atoms with Crippen molar-refractivity contribution in [3.8, 4) is 5.75 Å². The normalized spacial score (nSPS) is 17.7. The van der Waals surface area contributed by atoms with E-state index in [4.69, 9.17) is 0 Å². The van der Waals surface area contributed by atoms with E-state index in [0.717, 1.165) is 24.2 Å². The molecule has 1 saturated carbocycles. The molecule has 2 rings (SSSR count). The Morgan fingerprint density at radius 3 is 2.84 bits per heavy atom. The number of carbonyl (C=O) groups excluding carboxylic acids is 1. The van der Waals surface area contributed by atoms with E-state index in [2.05, 4.69) is 10.1 Å². The molecule has 1 fully saturated rings. The molecular formula is C12H15F2NO3S. The molecule has 0 atom stereocenters. The van der Waals surface area contributed by atoms with Crippen molar-refractivity contribution in [1.29, 1.82) is 0 Å². The van der Waals surface area contributed by atoms with Gasteiger partial charge >= 0.3 is 6.61 Å². The first-order chi connectivity index (χ1) is 9.00. The van der Waals surface area contributed by atoms with Crippen LogP contribution in [-0.4, -0.2) is 29.8 Å². The summed E-state index contributed by atoms with van der Waals surface area (Å²) < 4.78 is 28.5. The van der Waals surface area contributed by atoms with Crippen molar-refractivity contribution in [2.45, 2.75) is 37.9 Å². The van der Waals surface area contributed by atoms with Gasteiger partial charge in [-0.25, -0.2) is 0 Å². The molecule has 4 nitrogen and oxygen atoms in total. The van der Waals surface area contributed by atoms with E-state index in [0.29, 0.717) is 12.8 Å². The highest BCUT2D eigenvalue weighted by molar-refractivity contribution is 7.12. The number of thiophene rings is 1. The molecule has 0 aliphatic heterocycles. The van der Waals surface area contributed by atoms with Crippen molar-refractivity contribution >= 4 is 17.2 Å². The van der Waals surface area contributed by atoms with Crippen molar-refractivity contribution < 1.29 is 23.4 Å². The number of hydrogen-bond donors (Lipinski definition) is 2. The molecule has 0 saturated heterocycles. The molecule has 106 valence electrons. The molecule has 1 heterocycles. The van der Waals surface area contributed by atoms with Crippen LogP contribution in [0.4, 0.5) is 8.78 Å². The van der Waals surface area contributed by atoms with Gasteiger partial charge in [0.1, 0.15) is 10.6 Å². The summed E-state index contributed by atoms with van der Waals surface area (Å²) in [6.45, 7) is -2.82. The van der Waals surface area contributed by atoms with Gasteiger partial charge in [0.25, 0.3) is 5.91 Å². The van der Waals surface area contributed by atoms with Gasteiger partial charge in [0.15, 0.2) is 0 Å². The first-order valence-corrected chi connectivity index (χ1v) is 6.91. The highest BCUT2D eigenvalue weighted by atomic mass is 32.1. The monoisotopic (exact) mass is 291 g/mol. The highest BCUT2D eigenvalue weighted by Crippen LogP contribution is 2.30. The van der Waals surface area contributed by atoms with Crippen LogP contribution in [-0.2, 0) is 0 Å². The molecule has 1 aliphatic carbocycles. The van der Waals surface area contributed by atoms with E-state index in [1.165, 1.54) is 11.4 Å². The van der Waals surface area contributed by atoms with Crippen molar-refractivity contribution in [2.24, 2.45) is 0 Å². The number of halogens is 2. The Hall–Kier alpha value is -1.21. The maximum atomic E-state index is 12.1. The Morgan fingerprint density at radius 1 is 1.53 bits per heavy atom.